The number of thioether (sulfide) groups is 1. The summed E-state index contributed by atoms with van der Waals surface area (Å²) in [6, 6.07) is -0.480. The Balaban J connectivity index is 1.61. The van der Waals surface area contributed by atoms with Crippen LogP contribution in [0.15, 0.2) is 4.99 Å². The highest BCUT2D eigenvalue weighted by Crippen LogP contribution is 2.38. The zero-order chi connectivity index (χ0) is 16.6. The lowest BCUT2D eigenvalue weighted by Crippen LogP contribution is -2.56. The van der Waals surface area contributed by atoms with Gasteiger partial charge in [0.25, 0.3) is 0 Å². The van der Waals surface area contributed by atoms with Gasteiger partial charge in [0.2, 0.25) is 0 Å². The number of amides is 1. The van der Waals surface area contributed by atoms with Crippen LogP contribution in [0.4, 0.5) is 4.79 Å². The van der Waals surface area contributed by atoms with Crippen LogP contribution in [0.3, 0.4) is 0 Å². The van der Waals surface area contributed by atoms with Gasteiger partial charge in [0.1, 0.15) is 36.4 Å². The van der Waals surface area contributed by atoms with Crippen molar-refractivity contribution in [3.05, 3.63) is 0 Å². The van der Waals surface area contributed by atoms with Crippen LogP contribution in [0.2, 0.25) is 0 Å². The van der Waals surface area contributed by atoms with Crippen molar-refractivity contribution in [1.29, 1.82) is 0 Å². The molecule has 0 radical (unpaired) electrons. The number of hydrogen-bond donors (Lipinski definition) is 2. The minimum atomic E-state index is -1.13. The van der Waals surface area contributed by atoms with Gasteiger partial charge >= 0.3 is 6.09 Å². The van der Waals surface area contributed by atoms with Crippen LogP contribution in [-0.4, -0.2) is 94.9 Å². The second-order valence-electron chi connectivity index (χ2n) is 6.21. The third-order valence-electron chi connectivity index (χ3n) is 4.26. The third kappa shape index (κ3) is 3.42. The molecule has 2 N–H and O–H groups in total. The SMILES string of the molecule is CN(C)C(=O)OC[C@H]1O[C@@H]2SC(N3CCCC3)=N[C@@H]2[C@@H](O)[C@H]1O. The maximum absolute atomic E-state index is 11.5. The maximum Gasteiger partial charge on any atom is 0.409 e. The molecule has 0 aromatic carbocycles. The zero-order valence-corrected chi connectivity index (χ0v) is 14.1. The summed E-state index contributed by atoms with van der Waals surface area (Å²) >= 11 is 1.47. The normalized spacial score (nSPS) is 36.6. The van der Waals surface area contributed by atoms with Crippen molar-refractivity contribution in [2.45, 2.75) is 42.6 Å². The Morgan fingerprint density at radius 1 is 1.39 bits per heavy atom. The standard InChI is InChI=1S/C14H23N3O5S/c1-16(2)14(20)21-7-8-10(18)11(19)9-12(22-8)23-13(15-9)17-5-3-4-6-17/h8-12,18-19H,3-7H2,1-2H3/t8-,9-,10+,11-,12-/m1/s1. The molecule has 3 heterocycles. The van der Waals surface area contributed by atoms with E-state index in [0.717, 1.165) is 31.1 Å². The molecule has 23 heavy (non-hydrogen) atoms. The van der Waals surface area contributed by atoms with Crippen LogP contribution in [0.5, 0.6) is 0 Å². The molecule has 1 amide bonds. The first-order chi connectivity index (χ1) is 11.0. The van der Waals surface area contributed by atoms with Crippen LogP contribution in [0.1, 0.15) is 12.8 Å². The minimum Gasteiger partial charge on any atom is -0.447 e. The summed E-state index contributed by atoms with van der Waals surface area (Å²) in [6.45, 7) is 1.83. The second-order valence-corrected chi connectivity index (χ2v) is 7.28. The van der Waals surface area contributed by atoms with E-state index >= 15 is 0 Å². The van der Waals surface area contributed by atoms with Gasteiger partial charge in [0, 0.05) is 27.2 Å². The molecule has 0 aromatic heterocycles. The number of aliphatic imine (C=N–C) groups is 1. The molecule has 2 fully saturated rings. The minimum absolute atomic E-state index is 0.0991. The fraction of sp³-hybridized carbons (Fsp3) is 0.857. The highest BCUT2D eigenvalue weighted by molar-refractivity contribution is 8.14. The first-order valence-corrected chi connectivity index (χ1v) is 8.70. The van der Waals surface area contributed by atoms with Crippen LogP contribution < -0.4 is 0 Å². The Hall–Kier alpha value is -1.03. The molecule has 0 spiro atoms. The number of carbonyl (C=O) groups excluding carboxylic acids is 1. The Morgan fingerprint density at radius 3 is 2.74 bits per heavy atom. The van der Waals surface area contributed by atoms with Gasteiger partial charge in [0.15, 0.2) is 5.17 Å². The number of aliphatic hydroxyl groups is 2. The smallest absolute Gasteiger partial charge is 0.409 e. The number of amidine groups is 1. The summed E-state index contributed by atoms with van der Waals surface area (Å²) in [6.07, 6.45) is -1.13. The number of fused-ring (bicyclic) bond motifs is 1. The number of aliphatic hydroxyl groups excluding tert-OH is 2. The highest BCUT2D eigenvalue weighted by Gasteiger charge is 2.49. The molecular formula is C14H23N3O5S. The molecule has 0 unspecified atom stereocenters. The summed E-state index contributed by atoms with van der Waals surface area (Å²) in [4.78, 5) is 19.5. The number of rotatable bonds is 2. The molecule has 0 aliphatic carbocycles. The largest absolute Gasteiger partial charge is 0.447 e. The van der Waals surface area contributed by atoms with Crippen molar-refractivity contribution in [2.24, 2.45) is 4.99 Å². The molecule has 3 aliphatic rings. The third-order valence-corrected chi connectivity index (χ3v) is 5.46. The molecule has 0 bridgehead atoms. The van der Waals surface area contributed by atoms with Crippen molar-refractivity contribution in [1.82, 2.24) is 9.80 Å². The van der Waals surface area contributed by atoms with E-state index in [-0.39, 0.29) is 12.0 Å². The Labute approximate surface area is 139 Å². The van der Waals surface area contributed by atoms with Crippen LogP contribution in [0.25, 0.3) is 0 Å². The fourth-order valence-electron chi connectivity index (χ4n) is 2.90. The predicted molar refractivity (Wildman–Crippen MR) is 85.3 cm³/mol. The quantitative estimate of drug-likeness (QED) is 0.709. The van der Waals surface area contributed by atoms with Crippen LogP contribution >= 0.6 is 11.8 Å². The van der Waals surface area contributed by atoms with Crippen LogP contribution in [0, 0.1) is 0 Å². The van der Waals surface area contributed by atoms with Gasteiger partial charge in [-0.2, -0.15) is 0 Å². The number of ether oxygens (including phenoxy) is 2. The van der Waals surface area contributed by atoms with Crippen molar-refractivity contribution in [3.63, 3.8) is 0 Å². The van der Waals surface area contributed by atoms with Crippen molar-refractivity contribution in [3.8, 4) is 0 Å². The summed E-state index contributed by atoms with van der Waals surface area (Å²) in [5.41, 5.74) is -0.355. The van der Waals surface area contributed by atoms with Gasteiger partial charge in [0.05, 0.1) is 0 Å². The summed E-state index contributed by atoms with van der Waals surface area (Å²) < 4.78 is 10.9. The number of hydrogen-bond acceptors (Lipinski definition) is 8. The molecular weight excluding hydrogens is 322 g/mol. The molecule has 8 nitrogen and oxygen atoms in total. The Kier molecular flexibility index (Phi) is 5.00. The van der Waals surface area contributed by atoms with E-state index in [2.05, 4.69) is 9.89 Å². The van der Waals surface area contributed by atoms with Crippen molar-refractivity contribution < 1.29 is 24.5 Å². The highest BCUT2D eigenvalue weighted by atomic mass is 32.2. The molecule has 3 rings (SSSR count). The lowest BCUT2D eigenvalue weighted by Gasteiger charge is -2.37. The molecule has 130 valence electrons. The van der Waals surface area contributed by atoms with E-state index in [1.807, 2.05) is 0 Å². The molecule has 0 saturated carbocycles. The maximum atomic E-state index is 11.5. The average Bonchev–Trinajstić information content (AvgIpc) is 3.17. The van der Waals surface area contributed by atoms with Crippen LogP contribution in [-0.2, 0) is 9.47 Å². The summed E-state index contributed by atoms with van der Waals surface area (Å²) in [5.74, 6) is 0. The summed E-state index contributed by atoms with van der Waals surface area (Å²) in [7, 11) is 3.16. The average molecular weight is 345 g/mol. The van der Waals surface area contributed by atoms with E-state index < -0.39 is 30.4 Å². The van der Waals surface area contributed by atoms with E-state index in [9.17, 15) is 15.0 Å². The fourth-order valence-corrected chi connectivity index (χ4v) is 4.18. The Bertz CT molecular complexity index is 483. The lowest BCUT2D eigenvalue weighted by atomic mass is 9.99. The molecule has 9 heteroatoms. The van der Waals surface area contributed by atoms with Gasteiger partial charge in [-0.05, 0) is 12.8 Å². The lowest BCUT2D eigenvalue weighted by molar-refractivity contribution is -0.165. The zero-order valence-electron chi connectivity index (χ0n) is 13.3. The first kappa shape index (κ1) is 16.8. The topological polar surface area (TPSA) is 94.8 Å². The van der Waals surface area contributed by atoms with Crippen molar-refractivity contribution >= 4 is 23.0 Å². The molecule has 5 atom stereocenters. The van der Waals surface area contributed by atoms with Gasteiger partial charge in [-0.1, -0.05) is 11.8 Å². The van der Waals surface area contributed by atoms with Gasteiger partial charge < -0.3 is 29.5 Å². The predicted octanol–water partition coefficient (Wildman–Crippen LogP) is -0.302. The monoisotopic (exact) mass is 345 g/mol. The van der Waals surface area contributed by atoms with Gasteiger partial charge in [-0.25, -0.2) is 4.79 Å². The summed E-state index contributed by atoms with van der Waals surface area (Å²) in [5, 5.41) is 21.4. The van der Waals surface area contributed by atoms with Gasteiger partial charge in [-0.15, -0.1) is 0 Å². The number of carbonyl (C=O) groups is 1. The van der Waals surface area contributed by atoms with Gasteiger partial charge in [-0.3, -0.25) is 4.99 Å². The second kappa shape index (κ2) is 6.84. The number of nitrogens with zero attached hydrogens (tertiary/aromatic N) is 3. The van der Waals surface area contributed by atoms with Crippen molar-refractivity contribution in [2.75, 3.05) is 33.8 Å². The van der Waals surface area contributed by atoms with E-state index in [0.29, 0.717) is 0 Å². The van der Waals surface area contributed by atoms with E-state index in [4.69, 9.17) is 9.47 Å². The Morgan fingerprint density at radius 2 is 2.09 bits per heavy atom. The van der Waals surface area contributed by atoms with E-state index in [1.165, 1.54) is 16.7 Å². The van der Waals surface area contributed by atoms with E-state index in [1.54, 1.807) is 14.1 Å². The number of likely N-dealkylation sites (tertiary alicyclic amines) is 1. The molecule has 0 aromatic rings. The molecule has 2 saturated heterocycles. The first-order valence-electron chi connectivity index (χ1n) is 7.82. The molecule has 3 aliphatic heterocycles.